The first kappa shape index (κ1) is 20.0. The smallest absolute Gasteiger partial charge is 0.414 e. The van der Waals surface area contributed by atoms with Crippen LogP contribution in [0.4, 0.5) is 10.5 Å². The van der Waals surface area contributed by atoms with E-state index in [1.165, 1.54) is 0 Å². The molecule has 1 rings (SSSR count). The molecule has 0 aromatic heterocycles. The van der Waals surface area contributed by atoms with Crippen molar-refractivity contribution in [1.82, 2.24) is 0 Å². The van der Waals surface area contributed by atoms with Gasteiger partial charge in [0, 0.05) is 6.54 Å². The Morgan fingerprint density at radius 2 is 1.83 bits per heavy atom. The van der Waals surface area contributed by atoms with Crippen molar-refractivity contribution < 1.29 is 19.1 Å². The first-order valence-corrected chi connectivity index (χ1v) is 8.57. The number of rotatable bonds is 7. The van der Waals surface area contributed by atoms with Crippen LogP contribution in [0.3, 0.4) is 0 Å². The van der Waals surface area contributed by atoms with Crippen LogP contribution in [0.5, 0.6) is 5.75 Å². The van der Waals surface area contributed by atoms with E-state index in [1.54, 1.807) is 17.9 Å². The Morgan fingerprint density at radius 1 is 1.17 bits per heavy atom. The number of ether oxygens (including phenoxy) is 2. The van der Waals surface area contributed by atoms with Gasteiger partial charge < -0.3 is 9.47 Å². The second kappa shape index (κ2) is 9.30. The maximum atomic E-state index is 12.4. The van der Waals surface area contributed by atoms with Crippen LogP contribution in [-0.4, -0.2) is 25.2 Å². The summed E-state index contributed by atoms with van der Waals surface area (Å²) in [7, 11) is 0. The third-order valence-corrected chi connectivity index (χ3v) is 3.73. The molecule has 1 aromatic rings. The summed E-state index contributed by atoms with van der Waals surface area (Å²) in [5.74, 6) is 0.151. The molecule has 0 saturated carbocycles. The molecular formula is C19H29NO4. The van der Waals surface area contributed by atoms with E-state index in [0.717, 1.165) is 5.56 Å². The Hall–Kier alpha value is -2.04. The summed E-state index contributed by atoms with van der Waals surface area (Å²) in [5.41, 5.74) is 1.46. The zero-order valence-corrected chi connectivity index (χ0v) is 15.6. The molecule has 5 nitrogen and oxygen atoms in total. The van der Waals surface area contributed by atoms with E-state index in [4.69, 9.17) is 9.47 Å². The lowest BCUT2D eigenvalue weighted by atomic mass is 10.1. The minimum absolute atomic E-state index is 0.195. The Kier molecular flexibility index (Phi) is 7.75. The van der Waals surface area contributed by atoms with Crippen molar-refractivity contribution in [3.05, 3.63) is 23.8 Å². The summed E-state index contributed by atoms with van der Waals surface area (Å²) < 4.78 is 10.8. The van der Waals surface area contributed by atoms with Gasteiger partial charge in [0.1, 0.15) is 0 Å². The lowest BCUT2D eigenvalue weighted by Crippen LogP contribution is -2.36. The molecule has 24 heavy (non-hydrogen) atoms. The van der Waals surface area contributed by atoms with E-state index in [-0.39, 0.29) is 17.8 Å². The molecule has 0 aliphatic heterocycles. The van der Waals surface area contributed by atoms with E-state index in [1.807, 2.05) is 46.8 Å². The van der Waals surface area contributed by atoms with Crippen molar-refractivity contribution in [2.75, 3.05) is 18.1 Å². The van der Waals surface area contributed by atoms with Crippen LogP contribution in [0.1, 0.15) is 46.6 Å². The number of carbonyl (C=O) groups excluding carboxylic acids is 2. The van der Waals surface area contributed by atoms with E-state index in [2.05, 4.69) is 0 Å². The fourth-order valence-corrected chi connectivity index (χ4v) is 2.26. The monoisotopic (exact) mass is 335 g/mol. The molecular weight excluding hydrogens is 306 g/mol. The van der Waals surface area contributed by atoms with E-state index in [0.29, 0.717) is 31.0 Å². The summed E-state index contributed by atoms with van der Waals surface area (Å²) >= 11 is 0. The number of amides is 1. The Bertz CT molecular complexity index is 568. The molecule has 1 atom stereocenters. The third-order valence-electron chi connectivity index (χ3n) is 3.73. The van der Waals surface area contributed by atoms with Crippen LogP contribution in [0.15, 0.2) is 18.2 Å². The second-order valence-electron chi connectivity index (χ2n) is 6.36. The number of carbonyl (C=O) groups is 2. The number of esters is 1. The molecule has 1 amide bonds. The standard InChI is InChI=1S/C19H29NO4/c1-7-14(5)18(21)24-16-11-9-10-15(6)17(16)20(12-13(3)4)19(22)23-8-2/h9-11,13-14H,7-8,12H2,1-6H3. The van der Waals surface area contributed by atoms with Gasteiger partial charge in [-0.1, -0.05) is 39.8 Å². The highest BCUT2D eigenvalue weighted by Crippen LogP contribution is 2.33. The second-order valence-corrected chi connectivity index (χ2v) is 6.36. The van der Waals surface area contributed by atoms with Crippen LogP contribution < -0.4 is 9.64 Å². The normalized spacial score (nSPS) is 12.0. The van der Waals surface area contributed by atoms with Gasteiger partial charge in [0.25, 0.3) is 0 Å². The molecule has 0 bridgehead atoms. The van der Waals surface area contributed by atoms with Crippen molar-refractivity contribution in [2.45, 2.75) is 48.0 Å². The number of nitrogens with zero attached hydrogens (tertiary/aromatic N) is 1. The van der Waals surface area contributed by atoms with Crippen LogP contribution in [0.2, 0.25) is 0 Å². The molecule has 0 radical (unpaired) electrons. The third kappa shape index (κ3) is 5.25. The maximum absolute atomic E-state index is 12.4. The molecule has 0 aliphatic rings. The molecule has 0 heterocycles. The van der Waals surface area contributed by atoms with Gasteiger partial charge in [-0.05, 0) is 37.8 Å². The minimum Gasteiger partial charge on any atom is -0.449 e. The zero-order chi connectivity index (χ0) is 18.3. The van der Waals surface area contributed by atoms with Gasteiger partial charge >= 0.3 is 12.1 Å². The number of hydrogen-bond acceptors (Lipinski definition) is 4. The van der Waals surface area contributed by atoms with Crippen LogP contribution in [0.25, 0.3) is 0 Å². The molecule has 0 spiro atoms. The number of aryl methyl sites for hydroxylation is 1. The first-order valence-electron chi connectivity index (χ1n) is 8.57. The SMILES string of the molecule is CCOC(=O)N(CC(C)C)c1c(C)cccc1OC(=O)C(C)CC. The summed E-state index contributed by atoms with van der Waals surface area (Å²) in [6.45, 7) is 12.3. The number of para-hydroxylation sites is 1. The van der Waals surface area contributed by atoms with E-state index >= 15 is 0 Å². The number of hydrogen-bond donors (Lipinski definition) is 0. The highest BCUT2D eigenvalue weighted by molar-refractivity contribution is 5.92. The summed E-state index contributed by atoms with van der Waals surface area (Å²) in [5, 5.41) is 0. The highest BCUT2D eigenvalue weighted by atomic mass is 16.6. The lowest BCUT2D eigenvalue weighted by molar-refractivity contribution is -0.138. The van der Waals surface area contributed by atoms with Crippen LogP contribution in [-0.2, 0) is 9.53 Å². The fraction of sp³-hybridized carbons (Fsp3) is 0.579. The van der Waals surface area contributed by atoms with Gasteiger partial charge in [0.15, 0.2) is 5.75 Å². The summed E-state index contributed by atoms with van der Waals surface area (Å²) in [4.78, 5) is 26.2. The lowest BCUT2D eigenvalue weighted by Gasteiger charge is -2.27. The first-order chi connectivity index (χ1) is 11.3. The predicted molar refractivity (Wildman–Crippen MR) is 95.5 cm³/mol. The molecule has 0 N–H and O–H groups in total. The van der Waals surface area contributed by atoms with Crippen LogP contribution in [0, 0.1) is 18.8 Å². The van der Waals surface area contributed by atoms with Gasteiger partial charge in [-0.15, -0.1) is 0 Å². The van der Waals surface area contributed by atoms with Gasteiger partial charge in [0.05, 0.1) is 18.2 Å². The zero-order valence-electron chi connectivity index (χ0n) is 15.6. The van der Waals surface area contributed by atoms with E-state index < -0.39 is 6.09 Å². The average molecular weight is 335 g/mol. The maximum Gasteiger partial charge on any atom is 0.414 e. The largest absolute Gasteiger partial charge is 0.449 e. The molecule has 5 heteroatoms. The quantitative estimate of drug-likeness (QED) is 0.541. The van der Waals surface area contributed by atoms with Crippen molar-refractivity contribution in [1.29, 1.82) is 0 Å². The highest BCUT2D eigenvalue weighted by Gasteiger charge is 2.25. The van der Waals surface area contributed by atoms with E-state index in [9.17, 15) is 9.59 Å². The van der Waals surface area contributed by atoms with Gasteiger partial charge in [-0.25, -0.2) is 4.79 Å². The molecule has 134 valence electrons. The fourth-order valence-electron chi connectivity index (χ4n) is 2.26. The Morgan fingerprint density at radius 3 is 2.38 bits per heavy atom. The average Bonchev–Trinajstić information content (AvgIpc) is 2.52. The van der Waals surface area contributed by atoms with Crippen molar-refractivity contribution >= 4 is 17.7 Å². The molecule has 1 unspecified atom stereocenters. The molecule has 0 aliphatic carbocycles. The van der Waals surface area contributed by atoms with Crippen LogP contribution >= 0.6 is 0 Å². The summed E-state index contributed by atoms with van der Waals surface area (Å²) in [6.07, 6.45) is 0.273. The molecule has 0 fully saturated rings. The number of benzene rings is 1. The topological polar surface area (TPSA) is 55.8 Å². The molecule has 1 aromatic carbocycles. The predicted octanol–water partition coefficient (Wildman–Crippen LogP) is 4.57. The Labute approximate surface area is 144 Å². The van der Waals surface area contributed by atoms with Gasteiger partial charge in [-0.2, -0.15) is 0 Å². The Balaban J connectivity index is 3.26. The van der Waals surface area contributed by atoms with Crippen molar-refractivity contribution in [2.24, 2.45) is 11.8 Å². The van der Waals surface area contributed by atoms with Crippen molar-refractivity contribution in [3.8, 4) is 5.75 Å². The van der Waals surface area contributed by atoms with Gasteiger partial charge in [-0.3, -0.25) is 9.69 Å². The minimum atomic E-state index is -0.429. The van der Waals surface area contributed by atoms with Crippen molar-refractivity contribution in [3.63, 3.8) is 0 Å². The summed E-state index contributed by atoms with van der Waals surface area (Å²) in [6, 6.07) is 5.43. The van der Waals surface area contributed by atoms with Gasteiger partial charge in [0.2, 0.25) is 0 Å². The molecule has 0 saturated heterocycles. The number of anilines is 1.